The Bertz CT molecular complexity index is 961. The minimum absolute atomic E-state index is 0.0638. The zero-order chi connectivity index (χ0) is 22.2. The standard InChI is InChI=1S/C17H16F3N5O4S/c1-23-13-12(14(27)25(3)16(28)24(13)2)22-15(23)30-8-11(26)21-9-4-6-10(7-5-9)29-17(18,19)20/h4-7,12H,8H2,1-3H3/p+1. The first-order chi connectivity index (χ1) is 14.0. The van der Waals surface area contributed by atoms with Crippen LogP contribution in [0.2, 0.25) is 0 Å². The number of amidine groups is 2. The Hall–Kier alpha value is -3.09. The lowest BCUT2D eigenvalue weighted by atomic mass is 10.2. The molecule has 30 heavy (non-hydrogen) atoms. The zero-order valence-corrected chi connectivity index (χ0v) is 16.9. The van der Waals surface area contributed by atoms with Crippen LogP contribution in [0.4, 0.5) is 23.7 Å². The summed E-state index contributed by atoms with van der Waals surface area (Å²) in [5.41, 5.74) is 0.294. The summed E-state index contributed by atoms with van der Waals surface area (Å²) in [5, 5.41) is 2.94. The average Bonchev–Trinajstić information content (AvgIpc) is 3.00. The van der Waals surface area contributed by atoms with Crippen molar-refractivity contribution in [3.63, 3.8) is 0 Å². The fourth-order valence-electron chi connectivity index (χ4n) is 2.91. The van der Waals surface area contributed by atoms with Gasteiger partial charge in [0.25, 0.3) is 23.0 Å². The van der Waals surface area contributed by atoms with E-state index in [1.165, 1.54) is 31.1 Å². The summed E-state index contributed by atoms with van der Waals surface area (Å²) < 4.78 is 41.9. The summed E-state index contributed by atoms with van der Waals surface area (Å²) in [6.07, 6.45) is -4.79. The van der Waals surface area contributed by atoms with Crippen molar-refractivity contribution in [2.24, 2.45) is 4.99 Å². The second-order valence-corrected chi connectivity index (χ2v) is 7.32. The summed E-state index contributed by atoms with van der Waals surface area (Å²) in [7, 11) is 4.55. The maximum Gasteiger partial charge on any atom is 0.573 e. The number of carbonyl (C=O) groups excluding carboxylic acids is 3. The number of ether oxygens (including phenoxy) is 1. The van der Waals surface area contributed by atoms with Crippen LogP contribution in [-0.4, -0.2) is 82.5 Å². The van der Waals surface area contributed by atoms with Gasteiger partial charge in [-0.25, -0.2) is 14.3 Å². The van der Waals surface area contributed by atoms with E-state index in [4.69, 9.17) is 0 Å². The van der Waals surface area contributed by atoms with E-state index in [1.807, 2.05) is 0 Å². The number of aliphatic imine (C=N–C) groups is 1. The van der Waals surface area contributed by atoms with Gasteiger partial charge in [0, 0.05) is 12.7 Å². The topological polar surface area (TPSA) is 94.3 Å². The molecular formula is C17H17F3N5O4S+. The molecular weight excluding hydrogens is 427 g/mol. The van der Waals surface area contributed by atoms with Gasteiger partial charge in [-0.3, -0.25) is 14.5 Å². The molecule has 0 bridgehead atoms. The van der Waals surface area contributed by atoms with E-state index in [2.05, 4.69) is 15.0 Å². The minimum atomic E-state index is -4.79. The normalized spacial score (nSPS) is 19.1. The van der Waals surface area contributed by atoms with Gasteiger partial charge in [-0.05, 0) is 36.0 Å². The van der Waals surface area contributed by atoms with E-state index in [-0.39, 0.29) is 5.75 Å². The van der Waals surface area contributed by atoms with Crippen molar-refractivity contribution in [1.29, 1.82) is 0 Å². The van der Waals surface area contributed by atoms with Gasteiger partial charge in [-0.2, -0.15) is 0 Å². The summed E-state index contributed by atoms with van der Waals surface area (Å²) in [6, 6.07) is 3.40. The molecule has 1 N–H and O–H groups in total. The van der Waals surface area contributed by atoms with Crippen LogP contribution in [0.15, 0.2) is 29.3 Å². The number of alkyl halides is 3. The van der Waals surface area contributed by atoms with E-state index in [0.717, 1.165) is 28.8 Å². The number of imide groups is 1. The lowest BCUT2D eigenvalue weighted by molar-refractivity contribution is -0.367. The van der Waals surface area contributed by atoms with Crippen molar-refractivity contribution >= 4 is 46.3 Å². The van der Waals surface area contributed by atoms with Crippen molar-refractivity contribution < 1.29 is 36.9 Å². The number of halogens is 3. The predicted octanol–water partition coefficient (Wildman–Crippen LogP) is 1.56. The van der Waals surface area contributed by atoms with Gasteiger partial charge >= 0.3 is 12.4 Å². The number of nitrogens with zero attached hydrogens (tertiary/aromatic N) is 4. The molecule has 1 aromatic carbocycles. The molecule has 2 aliphatic heterocycles. The molecule has 4 amide bonds. The highest BCUT2D eigenvalue weighted by Crippen LogP contribution is 2.25. The fraction of sp³-hybridized carbons (Fsp3) is 0.353. The Labute approximate surface area is 173 Å². The van der Waals surface area contributed by atoms with Crippen LogP contribution in [0.5, 0.6) is 5.75 Å². The number of urea groups is 1. The van der Waals surface area contributed by atoms with Crippen LogP contribution in [0.25, 0.3) is 0 Å². The highest BCUT2D eigenvalue weighted by atomic mass is 32.2. The average molecular weight is 444 g/mol. The van der Waals surface area contributed by atoms with Crippen molar-refractivity contribution in [3.8, 4) is 5.75 Å². The molecule has 1 saturated heterocycles. The fourth-order valence-corrected chi connectivity index (χ4v) is 3.71. The molecule has 1 atom stereocenters. The van der Waals surface area contributed by atoms with E-state index in [9.17, 15) is 27.6 Å². The first kappa shape index (κ1) is 21.6. The molecule has 2 heterocycles. The SMILES string of the molecule is CN1C(=O)C2N=C(SCC(=O)Nc3ccc(OC(F)(F)F)cc3)[N+](C)=C2N(C)C1=O. The second-order valence-electron chi connectivity index (χ2n) is 6.38. The van der Waals surface area contributed by atoms with Crippen LogP contribution in [0.1, 0.15) is 0 Å². The second kappa shape index (κ2) is 7.97. The number of hydrogen-bond acceptors (Lipinski definition) is 6. The molecule has 3 rings (SSSR count). The Morgan fingerprint density at radius 1 is 1.23 bits per heavy atom. The van der Waals surface area contributed by atoms with Gasteiger partial charge in [0.05, 0.1) is 19.8 Å². The smallest absolute Gasteiger partial charge is 0.406 e. The maximum absolute atomic E-state index is 12.3. The third-order valence-corrected chi connectivity index (χ3v) is 5.34. The van der Waals surface area contributed by atoms with Crippen molar-refractivity contribution in [3.05, 3.63) is 24.3 Å². The van der Waals surface area contributed by atoms with Crippen molar-refractivity contribution in [1.82, 2.24) is 9.80 Å². The number of anilines is 1. The molecule has 0 radical (unpaired) electrons. The number of carbonyl (C=O) groups is 3. The first-order valence-electron chi connectivity index (χ1n) is 8.50. The Kier molecular flexibility index (Phi) is 5.74. The highest BCUT2D eigenvalue weighted by molar-refractivity contribution is 8.14. The molecule has 0 spiro atoms. The van der Waals surface area contributed by atoms with Gasteiger partial charge in [0.2, 0.25) is 5.91 Å². The van der Waals surface area contributed by atoms with E-state index < -0.39 is 36.0 Å². The van der Waals surface area contributed by atoms with E-state index in [1.54, 1.807) is 11.6 Å². The predicted molar refractivity (Wildman–Crippen MR) is 103 cm³/mol. The quantitative estimate of drug-likeness (QED) is 0.712. The molecule has 2 aliphatic rings. The molecule has 0 saturated carbocycles. The number of benzene rings is 1. The molecule has 13 heteroatoms. The molecule has 1 unspecified atom stereocenters. The number of likely N-dealkylation sites (N-methyl/N-ethyl adjacent to an activating group) is 2. The number of fused-ring (bicyclic) bond motifs is 1. The van der Waals surface area contributed by atoms with Crippen LogP contribution in [-0.2, 0) is 9.59 Å². The number of amides is 4. The number of nitrogens with one attached hydrogen (secondary N) is 1. The molecule has 9 nitrogen and oxygen atoms in total. The summed E-state index contributed by atoms with van der Waals surface area (Å²) in [5.74, 6) is -0.934. The summed E-state index contributed by atoms with van der Waals surface area (Å²) >= 11 is 1.06. The van der Waals surface area contributed by atoms with Crippen LogP contribution in [0.3, 0.4) is 0 Å². The third kappa shape index (κ3) is 4.40. The Morgan fingerprint density at radius 2 is 1.87 bits per heavy atom. The number of rotatable bonds is 4. The van der Waals surface area contributed by atoms with Gasteiger partial charge in [-0.1, -0.05) is 0 Å². The molecule has 0 aromatic heterocycles. The monoisotopic (exact) mass is 444 g/mol. The van der Waals surface area contributed by atoms with Gasteiger partial charge in [0.1, 0.15) is 5.75 Å². The highest BCUT2D eigenvalue weighted by Gasteiger charge is 2.51. The lowest BCUT2D eigenvalue weighted by Crippen LogP contribution is -2.59. The summed E-state index contributed by atoms with van der Waals surface area (Å²) in [6.45, 7) is 0. The Balaban J connectivity index is 1.61. The molecule has 160 valence electrons. The molecule has 1 aromatic rings. The lowest BCUT2D eigenvalue weighted by Gasteiger charge is -2.27. The van der Waals surface area contributed by atoms with Crippen molar-refractivity contribution in [2.45, 2.75) is 12.4 Å². The summed E-state index contributed by atoms with van der Waals surface area (Å²) in [4.78, 5) is 43.2. The first-order valence-corrected chi connectivity index (χ1v) is 9.48. The largest absolute Gasteiger partial charge is 0.573 e. The van der Waals surface area contributed by atoms with Gasteiger partial charge in [-0.15, -0.1) is 18.2 Å². The van der Waals surface area contributed by atoms with Gasteiger partial charge in [0.15, 0.2) is 0 Å². The zero-order valence-electron chi connectivity index (χ0n) is 16.1. The molecule has 0 aliphatic carbocycles. The third-order valence-electron chi connectivity index (χ3n) is 4.30. The van der Waals surface area contributed by atoms with Crippen LogP contribution < -0.4 is 10.1 Å². The van der Waals surface area contributed by atoms with E-state index in [0.29, 0.717) is 16.7 Å². The van der Waals surface area contributed by atoms with E-state index >= 15 is 0 Å². The number of thioether (sulfide) groups is 1. The number of hydrogen-bond donors (Lipinski definition) is 1. The van der Waals surface area contributed by atoms with Gasteiger partial charge < -0.3 is 10.1 Å². The minimum Gasteiger partial charge on any atom is -0.406 e. The Morgan fingerprint density at radius 3 is 2.47 bits per heavy atom. The van der Waals surface area contributed by atoms with Crippen LogP contribution >= 0.6 is 11.8 Å². The van der Waals surface area contributed by atoms with Crippen molar-refractivity contribution in [2.75, 3.05) is 32.2 Å². The molecule has 1 fully saturated rings. The maximum atomic E-state index is 12.3. The van der Waals surface area contributed by atoms with Crippen LogP contribution in [0, 0.1) is 0 Å².